The third-order valence-corrected chi connectivity index (χ3v) is 3.68. The minimum atomic E-state index is 0.0445. The molecule has 1 aromatic heterocycles. The van der Waals surface area contributed by atoms with Crippen molar-refractivity contribution in [3.63, 3.8) is 0 Å². The van der Waals surface area contributed by atoms with Crippen molar-refractivity contribution in [2.45, 2.75) is 12.2 Å². The van der Waals surface area contributed by atoms with Crippen LogP contribution in [-0.4, -0.2) is 49.5 Å². The van der Waals surface area contributed by atoms with Crippen LogP contribution in [0.2, 0.25) is 0 Å². The van der Waals surface area contributed by atoms with Gasteiger partial charge in [-0.3, -0.25) is 0 Å². The lowest BCUT2D eigenvalue weighted by Crippen LogP contribution is -2.27. The molecule has 0 amide bonds. The zero-order valence-corrected chi connectivity index (χ0v) is 11.3. The molecule has 0 radical (unpaired) electrons. The second-order valence-corrected chi connectivity index (χ2v) is 4.64. The Morgan fingerprint density at radius 2 is 1.88 bits per heavy atom. The number of anilines is 2. The number of nitrogen functional groups attached to an aromatic ring is 1. The standard InChI is InChI=1S/C10H15BrN4O2/c1-16-6-3-15(4-7(6)17-2)10-8(11)9(12)13-5-14-10/h5-7H,3-4H2,1-2H3,(H2,12,13,14). The molecule has 0 saturated carbocycles. The molecule has 0 spiro atoms. The van der Waals surface area contributed by atoms with Gasteiger partial charge in [-0.05, 0) is 15.9 Å². The van der Waals surface area contributed by atoms with E-state index in [1.807, 2.05) is 0 Å². The molecule has 2 unspecified atom stereocenters. The molecule has 1 aliphatic rings. The zero-order valence-electron chi connectivity index (χ0n) is 9.76. The van der Waals surface area contributed by atoms with Crippen LogP contribution in [0, 0.1) is 0 Å². The monoisotopic (exact) mass is 302 g/mol. The summed E-state index contributed by atoms with van der Waals surface area (Å²) in [5, 5.41) is 0. The van der Waals surface area contributed by atoms with E-state index in [-0.39, 0.29) is 12.2 Å². The first-order valence-corrected chi connectivity index (χ1v) is 6.03. The Kier molecular flexibility index (Phi) is 3.80. The van der Waals surface area contributed by atoms with Crippen LogP contribution in [0.4, 0.5) is 11.6 Å². The van der Waals surface area contributed by atoms with E-state index in [4.69, 9.17) is 15.2 Å². The molecule has 2 atom stereocenters. The summed E-state index contributed by atoms with van der Waals surface area (Å²) in [6.45, 7) is 1.45. The van der Waals surface area contributed by atoms with E-state index in [1.165, 1.54) is 6.33 Å². The summed E-state index contributed by atoms with van der Waals surface area (Å²) in [6, 6.07) is 0. The first-order chi connectivity index (χ1) is 8.17. The zero-order chi connectivity index (χ0) is 12.4. The molecule has 2 N–H and O–H groups in total. The largest absolute Gasteiger partial charge is 0.383 e. The maximum atomic E-state index is 5.74. The molecule has 1 saturated heterocycles. The van der Waals surface area contributed by atoms with Crippen molar-refractivity contribution in [3.8, 4) is 0 Å². The van der Waals surface area contributed by atoms with Crippen molar-refractivity contribution in [2.75, 3.05) is 37.9 Å². The average molecular weight is 303 g/mol. The van der Waals surface area contributed by atoms with E-state index in [0.717, 1.165) is 18.9 Å². The number of hydrogen-bond acceptors (Lipinski definition) is 6. The molecule has 0 bridgehead atoms. The Hall–Kier alpha value is -0.920. The van der Waals surface area contributed by atoms with E-state index >= 15 is 0 Å². The minimum Gasteiger partial charge on any atom is -0.383 e. The maximum absolute atomic E-state index is 5.74. The third-order valence-electron chi connectivity index (χ3n) is 2.92. The quantitative estimate of drug-likeness (QED) is 0.885. The molecule has 1 aliphatic heterocycles. The van der Waals surface area contributed by atoms with E-state index in [2.05, 4.69) is 30.8 Å². The number of nitrogens with two attached hydrogens (primary N) is 1. The van der Waals surface area contributed by atoms with Crippen LogP contribution in [0.1, 0.15) is 0 Å². The number of nitrogens with zero attached hydrogens (tertiary/aromatic N) is 3. The van der Waals surface area contributed by atoms with Gasteiger partial charge in [0.05, 0.1) is 0 Å². The summed E-state index contributed by atoms with van der Waals surface area (Å²) in [5.74, 6) is 1.21. The topological polar surface area (TPSA) is 73.5 Å². The van der Waals surface area contributed by atoms with Crippen LogP contribution in [-0.2, 0) is 9.47 Å². The summed E-state index contributed by atoms with van der Waals surface area (Å²) < 4.78 is 11.5. The lowest BCUT2D eigenvalue weighted by Gasteiger charge is -2.18. The third kappa shape index (κ3) is 2.36. The average Bonchev–Trinajstić information content (AvgIpc) is 2.75. The normalized spacial score (nSPS) is 24.3. The van der Waals surface area contributed by atoms with Gasteiger partial charge in [0.25, 0.3) is 0 Å². The van der Waals surface area contributed by atoms with Crippen molar-refractivity contribution in [1.82, 2.24) is 9.97 Å². The highest BCUT2D eigenvalue weighted by Gasteiger charge is 2.34. The van der Waals surface area contributed by atoms with Crippen molar-refractivity contribution >= 4 is 27.6 Å². The van der Waals surface area contributed by atoms with Gasteiger partial charge >= 0.3 is 0 Å². The summed E-state index contributed by atoms with van der Waals surface area (Å²) in [5.41, 5.74) is 5.74. The highest BCUT2D eigenvalue weighted by atomic mass is 79.9. The van der Waals surface area contributed by atoms with Gasteiger partial charge in [0.15, 0.2) is 0 Å². The number of rotatable bonds is 3. The van der Waals surface area contributed by atoms with Crippen molar-refractivity contribution in [2.24, 2.45) is 0 Å². The second kappa shape index (κ2) is 5.16. The van der Waals surface area contributed by atoms with E-state index in [1.54, 1.807) is 14.2 Å². The van der Waals surface area contributed by atoms with Crippen LogP contribution >= 0.6 is 15.9 Å². The second-order valence-electron chi connectivity index (χ2n) is 3.85. The Bertz CT molecular complexity index is 392. The van der Waals surface area contributed by atoms with Gasteiger partial charge in [-0.2, -0.15) is 0 Å². The lowest BCUT2D eigenvalue weighted by molar-refractivity contribution is -0.00461. The molecule has 6 nitrogen and oxygen atoms in total. The van der Waals surface area contributed by atoms with Crippen LogP contribution in [0.25, 0.3) is 0 Å². The van der Waals surface area contributed by atoms with Gasteiger partial charge < -0.3 is 20.1 Å². The van der Waals surface area contributed by atoms with Crippen molar-refractivity contribution < 1.29 is 9.47 Å². The Labute approximate surface area is 108 Å². The van der Waals surface area contributed by atoms with E-state index in [0.29, 0.717) is 10.3 Å². The molecule has 1 fully saturated rings. The molecule has 0 aromatic carbocycles. The summed E-state index contributed by atoms with van der Waals surface area (Å²) in [4.78, 5) is 10.2. The Balaban J connectivity index is 2.22. The molecule has 2 rings (SSSR count). The predicted molar refractivity (Wildman–Crippen MR) is 68.0 cm³/mol. The first kappa shape index (κ1) is 12.5. The maximum Gasteiger partial charge on any atom is 0.148 e. The smallest absolute Gasteiger partial charge is 0.148 e. The Morgan fingerprint density at radius 1 is 1.29 bits per heavy atom. The van der Waals surface area contributed by atoms with E-state index in [9.17, 15) is 0 Å². The fourth-order valence-corrected chi connectivity index (χ4v) is 2.42. The first-order valence-electron chi connectivity index (χ1n) is 5.24. The van der Waals surface area contributed by atoms with Crippen LogP contribution in [0.3, 0.4) is 0 Å². The van der Waals surface area contributed by atoms with Crippen LogP contribution < -0.4 is 10.6 Å². The fraction of sp³-hybridized carbons (Fsp3) is 0.600. The van der Waals surface area contributed by atoms with Gasteiger partial charge in [-0.15, -0.1) is 0 Å². The summed E-state index contributed by atoms with van der Waals surface area (Å²) in [7, 11) is 3.37. The fourth-order valence-electron chi connectivity index (χ4n) is 1.96. The molecule has 0 aliphatic carbocycles. The molecule has 1 aromatic rings. The van der Waals surface area contributed by atoms with Gasteiger partial charge in [0.1, 0.15) is 34.6 Å². The summed E-state index contributed by atoms with van der Waals surface area (Å²) in [6.07, 6.45) is 1.54. The minimum absolute atomic E-state index is 0.0445. The van der Waals surface area contributed by atoms with Crippen molar-refractivity contribution in [3.05, 3.63) is 10.8 Å². The van der Waals surface area contributed by atoms with Crippen molar-refractivity contribution in [1.29, 1.82) is 0 Å². The number of hydrogen-bond donors (Lipinski definition) is 1. The van der Waals surface area contributed by atoms with Crippen LogP contribution in [0.15, 0.2) is 10.8 Å². The number of aromatic nitrogens is 2. The Morgan fingerprint density at radius 3 is 2.41 bits per heavy atom. The number of ether oxygens (including phenoxy) is 2. The van der Waals surface area contributed by atoms with Gasteiger partial charge in [0.2, 0.25) is 0 Å². The molecule has 7 heteroatoms. The van der Waals surface area contributed by atoms with E-state index < -0.39 is 0 Å². The molecular weight excluding hydrogens is 288 g/mol. The number of halogens is 1. The molecular formula is C10H15BrN4O2. The summed E-state index contributed by atoms with van der Waals surface area (Å²) >= 11 is 3.40. The number of methoxy groups -OCH3 is 2. The van der Waals surface area contributed by atoms with Gasteiger partial charge in [-0.25, -0.2) is 9.97 Å². The van der Waals surface area contributed by atoms with Gasteiger partial charge in [-0.1, -0.05) is 0 Å². The highest BCUT2D eigenvalue weighted by molar-refractivity contribution is 9.10. The predicted octanol–water partition coefficient (Wildman–Crippen LogP) is 0.671. The molecule has 2 heterocycles. The lowest BCUT2D eigenvalue weighted by atomic mass is 10.3. The molecule has 17 heavy (non-hydrogen) atoms. The van der Waals surface area contributed by atoms with Gasteiger partial charge in [0, 0.05) is 27.3 Å². The van der Waals surface area contributed by atoms with Crippen LogP contribution in [0.5, 0.6) is 0 Å². The SMILES string of the molecule is COC1CN(c2ncnc(N)c2Br)CC1OC. The highest BCUT2D eigenvalue weighted by Crippen LogP contribution is 2.30. The molecule has 94 valence electrons.